The van der Waals surface area contributed by atoms with Crippen LogP contribution in [0.2, 0.25) is 0 Å². The summed E-state index contributed by atoms with van der Waals surface area (Å²) in [5.41, 5.74) is 0. The van der Waals surface area contributed by atoms with E-state index in [2.05, 4.69) is 12.2 Å². The molecule has 2 aliphatic carbocycles. The monoisotopic (exact) mass is 253 g/mol. The van der Waals surface area contributed by atoms with E-state index >= 15 is 0 Å². The lowest BCUT2D eigenvalue weighted by Crippen LogP contribution is -2.35. The third-order valence-corrected chi connectivity index (χ3v) is 5.19. The third-order valence-electron chi connectivity index (χ3n) is 5.19. The van der Waals surface area contributed by atoms with Crippen LogP contribution in [0.1, 0.15) is 58.3 Å². The summed E-state index contributed by atoms with van der Waals surface area (Å²) >= 11 is 0. The van der Waals surface area contributed by atoms with Gasteiger partial charge in [-0.15, -0.1) is 0 Å². The molecule has 18 heavy (non-hydrogen) atoms. The van der Waals surface area contributed by atoms with Gasteiger partial charge in [-0.2, -0.15) is 0 Å². The maximum absolute atomic E-state index is 9.42. The van der Waals surface area contributed by atoms with E-state index in [0.717, 1.165) is 24.3 Å². The van der Waals surface area contributed by atoms with E-state index < -0.39 is 0 Å². The second-order valence-electron chi connectivity index (χ2n) is 6.78. The van der Waals surface area contributed by atoms with Gasteiger partial charge < -0.3 is 10.4 Å². The van der Waals surface area contributed by atoms with Crippen molar-refractivity contribution in [3.8, 4) is 0 Å². The van der Waals surface area contributed by atoms with Crippen molar-refractivity contribution < 1.29 is 5.11 Å². The Bertz CT molecular complexity index is 231. The second-order valence-corrected chi connectivity index (χ2v) is 6.78. The van der Waals surface area contributed by atoms with Crippen LogP contribution in [0.25, 0.3) is 0 Å². The minimum atomic E-state index is 0.396. The Morgan fingerprint density at radius 3 is 2.44 bits per heavy atom. The molecule has 0 aromatic carbocycles. The van der Waals surface area contributed by atoms with E-state index in [9.17, 15) is 5.11 Å². The van der Waals surface area contributed by atoms with Gasteiger partial charge in [0, 0.05) is 6.61 Å². The number of hydrogen-bond acceptors (Lipinski definition) is 2. The van der Waals surface area contributed by atoms with Crippen LogP contribution < -0.4 is 5.32 Å². The molecule has 0 radical (unpaired) electrons. The van der Waals surface area contributed by atoms with E-state index in [1.807, 2.05) is 0 Å². The fourth-order valence-corrected chi connectivity index (χ4v) is 4.01. The maximum atomic E-state index is 9.42. The first kappa shape index (κ1) is 14.3. The van der Waals surface area contributed by atoms with Crippen molar-refractivity contribution in [1.29, 1.82) is 0 Å². The molecule has 106 valence electrons. The standard InChI is InChI=1S/C16H31NO/c1-13-5-4-6-14(9-13)10-17-11-15-7-2-3-8-16(15)12-18/h13-18H,2-12H2,1H3. The fourth-order valence-electron chi connectivity index (χ4n) is 4.01. The quantitative estimate of drug-likeness (QED) is 0.788. The Labute approximate surface area is 113 Å². The fraction of sp³-hybridized carbons (Fsp3) is 1.00. The molecule has 2 saturated carbocycles. The molecule has 0 heterocycles. The van der Waals surface area contributed by atoms with Gasteiger partial charge in [0.15, 0.2) is 0 Å². The predicted octanol–water partition coefficient (Wildman–Crippen LogP) is 3.20. The van der Waals surface area contributed by atoms with Crippen molar-refractivity contribution in [1.82, 2.24) is 5.32 Å². The zero-order valence-corrected chi connectivity index (χ0v) is 12.0. The summed E-state index contributed by atoms with van der Waals surface area (Å²) in [7, 11) is 0. The summed E-state index contributed by atoms with van der Waals surface area (Å²) in [6.07, 6.45) is 10.9. The van der Waals surface area contributed by atoms with E-state index in [1.54, 1.807) is 0 Å². The lowest BCUT2D eigenvalue weighted by molar-refractivity contribution is 0.131. The highest BCUT2D eigenvalue weighted by molar-refractivity contribution is 4.78. The zero-order valence-electron chi connectivity index (χ0n) is 12.0. The average Bonchev–Trinajstić information content (AvgIpc) is 2.39. The van der Waals surface area contributed by atoms with Crippen molar-refractivity contribution >= 4 is 0 Å². The summed E-state index contributed by atoms with van der Waals surface area (Å²) in [5.74, 6) is 3.14. The van der Waals surface area contributed by atoms with Crippen molar-refractivity contribution in [3.05, 3.63) is 0 Å². The molecule has 2 aliphatic rings. The van der Waals surface area contributed by atoms with Crippen LogP contribution in [0.15, 0.2) is 0 Å². The van der Waals surface area contributed by atoms with Crippen LogP contribution in [-0.4, -0.2) is 24.8 Å². The molecule has 0 saturated heterocycles. The number of aliphatic hydroxyl groups excluding tert-OH is 1. The van der Waals surface area contributed by atoms with Gasteiger partial charge in [0.25, 0.3) is 0 Å². The van der Waals surface area contributed by atoms with Crippen molar-refractivity contribution in [3.63, 3.8) is 0 Å². The minimum absolute atomic E-state index is 0.396. The highest BCUT2D eigenvalue weighted by Crippen LogP contribution is 2.30. The third kappa shape index (κ3) is 4.24. The van der Waals surface area contributed by atoms with Crippen molar-refractivity contribution in [2.75, 3.05) is 19.7 Å². The zero-order chi connectivity index (χ0) is 12.8. The first-order valence-electron chi connectivity index (χ1n) is 8.11. The number of aliphatic hydroxyl groups is 1. The molecular weight excluding hydrogens is 222 g/mol. The number of hydrogen-bond donors (Lipinski definition) is 2. The van der Waals surface area contributed by atoms with Crippen LogP contribution in [0.4, 0.5) is 0 Å². The molecule has 0 amide bonds. The van der Waals surface area contributed by atoms with Crippen LogP contribution in [-0.2, 0) is 0 Å². The topological polar surface area (TPSA) is 32.3 Å². The smallest absolute Gasteiger partial charge is 0.0462 e. The normalized spacial score (nSPS) is 37.7. The number of nitrogens with one attached hydrogen (secondary N) is 1. The molecule has 4 unspecified atom stereocenters. The predicted molar refractivity (Wildman–Crippen MR) is 76.5 cm³/mol. The highest BCUT2D eigenvalue weighted by atomic mass is 16.3. The minimum Gasteiger partial charge on any atom is -0.396 e. The summed E-state index contributed by atoms with van der Waals surface area (Å²) < 4.78 is 0. The molecule has 2 N–H and O–H groups in total. The van der Waals surface area contributed by atoms with Crippen molar-refractivity contribution in [2.24, 2.45) is 23.7 Å². The number of rotatable bonds is 5. The van der Waals surface area contributed by atoms with Gasteiger partial charge in [-0.25, -0.2) is 0 Å². The molecular formula is C16H31NO. The van der Waals surface area contributed by atoms with Gasteiger partial charge in [-0.1, -0.05) is 32.6 Å². The van der Waals surface area contributed by atoms with Crippen LogP contribution in [0, 0.1) is 23.7 Å². The summed E-state index contributed by atoms with van der Waals surface area (Å²) in [6, 6.07) is 0. The largest absolute Gasteiger partial charge is 0.396 e. The lowest BCUT2D eigenvalue weighted by atomic mass is 9.79. The van der Waals surface area contributed by atoms with Crippen molar-refractivity contribution in [2.45, 2.75) is 58.3 Å². The second kappa shape index (κ2) is 7.49. The van der Waals surface area contributed by atoms with Gasteiger partial charge in [-0.05, 0) is 62.4 Å². The van der Waals surface area contributed by atoms with Gasteiger partial charge in [0.1, 0.15) is 0 Å². The van der Waals surface area contributed by atoms with E-state index in [0.29, 0.717) is 12.5 Å². The lowest BCUT2D eigenvalue weighted by Gasteiger charge is -2.32. The molecule has 2 fully saturated rings. The van der Waals surface area contributed by atoms with Crippen LogP contribution in [0.5, 0.6) is 0 Å². The molecule has 0 aliphatic heterocycles. The SMILES string of the molecule is CC1CCCC(CNCC2CCCCC2CO)C1. The summed E-state index contributed by atoms with van der Waals surface area (Å²) in [5, 5.41) is 13.1. The van der Waals surface area contributed by atoms with Crippen LogP contribution >= 0.6 is 0 Å². The van der Waals surface area contributed by atoms with Gasteiger partial charge in [-0.3, -0.25) is 0 Å². The van der Waals surface area contributed by atoms with Gasteiger partial charge >= 0.3 is 0 Å². The molecule has 2 rings (SSSR count). The average molecular weight is 253 g/mol. The molecule has 0 aromatic rings. The molecule has 0 aromatic heterocycles. The highest BCUT2D eigenvalue weighted by Gasteiger charge is 2.24. The molecule has 4 atom stereocenters. The summed E-state index contributed by atoms with van der Waals surface area (Å²) in [6.45, 7) is 5.14. The molecule has 2 heteroatoms. The van der Waals surface area contributed by atoms with Gasteiger partial charge in [0.05, 0.1) is 0 Å². The maximum Gasteiger partial charge on any atom is 0.0462 e. The van der Waals surface area contributed by atoms with Gasteiger partial charge in [0.2, 0.25) is 0 Å². The Hall–Kier alpha value is -0.0800. The Balaban J connectivity index is 1.64. The Morgan fingerprint density at radius 1 is 0.944 bits per heavy atom. The van der Waals surface area contributed by atoms with E-state index in [1.165, 1.54) is 57.9 Å². The van der Waals surface area contributed by atoms with E-state index in [-0.39, 0.29) is 0 Å². The van der Waals surface area contributed by atoms with E-state index in [4.69, 9.17) is 0 Å². The molecule has 0 spiro atoms. The first-order chi connectivity index (χ1) is 8.79. The Morgan fingerprint density at radius 2 is 1.72 bits per heavy atom. The first-order valence-corrected chi connectivity index (χ1v) is 8.11. The molecule has 0 bridgehead atoms. The Kier molecular flexibility index (Phi) is 5.97. The molecule has 2 nitrogen and oxygen atoms in total. The van der Waals surface area contributed by atoms with Crippen LogP contribution in [0.3, 0.4) is 0 Å². The summed E-state index contributed by atoms with van der Waals surface area (Å²) in [4.78, 5) is 0.